The Hall–Kier alpha value is -2.93. The minimum Gasteiger partial charge on any atom is -0.378 e. The number of aromatic nitrogens is 2. The fourth-order valence-electron chi connectivity index (χ4n) is 3.91. The van der Waals surface area contributed by atoms with Crippen molar-refractivity contribution in [2.24, 2.45) is 5.73 Å². The van der Waals surface area contributed by atoms with Gasteiger partial charge in [-0.1, -0.05) is 24.0 Å². The predicted molar refractivity (Wildman–Crippen MR) is 112 cm³/mol. The number of hydrogen-bond donors (Lipinski definition) is 2. The first-order valence-electron chi connectivity index (χ1n) is 10.2. The van der Waals surface area contributed by atoms with Crippen LogP contribution in [0.1, 0.15) is 49.7 Å². The molecule has 148 valence electrons. The molecule has 4 rings (SSSR count). The van der Waals surface area contributed by atoms with Crippen molar-refractivity contribution in [3.8, 4) is 29.2 Å². The number of aliphatic hydroxyl groups is 1. The van der Waals surface area contributed by atoms with Crippen molar-refractivity contribution in [2.75, 3.05) is 18.0 Å². The largest absolute Gasteiger partial charge is 0.378 e. The fraction of sp³-hybridized carbons (Fsp3) is 0.435. The van der Waals surface area contributed by atoms with Crippen molar-refractivity contribution >= 4 is 5.95 Å². The van der Waals surface area contributed by atoms with Gasteiger partial charge in [0.05, 0.1) is 22.9 Å². The van der Waals surface area contributed by atoms with Crippen LogP contribution in [-0.2, 0) is 0 Å². The maximum absolute atomic E-state index is 10.6. The Kier molecular flexibility index (Phi) is 5.49. The molecule has 0 atom stereocenters. The highest BCUT2D eigenvalue weighted by molar-refractivity contribution is 5.69. The van der Waals surface area contributed by atoms with Crippen LogP contribution in [0.25, 0.3) is 11.3 Å². The summed E-state index contributed by atoms with van der Waals surface area (Å²) in [6.07, 6.45) is 7.00. The highest BCUT2D eigenvalue weighted by Crippen LogP contribution is 2.29. The second-order valence-electron chi connectivity index (χ2n) is 7.93. The number of nitrogens with zero attached hydrogens (tertiary/aromatic N) is 4. The van der Waals surface area contributed by atoms with Gasteiger partial charge in [0, 0.05) is 30.9 Å². The molecule has 1 saturated heterocycles. The van der Waals surface area contributed by atoms with Gasteiger partial charge in [-0.3, -0.25) is 0 Å². The summed E-state index contributed by atoms with van der Waals surface area (Å²) in [6.45, 7) is 1.66. The standard InChI is InChI=1S/C23H25N5O/c24-15-17-3-5-18(6-4-17)21-19(7-12-23(29)10-1-2-11-23)16-26-22(27-21)28-13-8-20(25)9-14-28/h3-6,16,20,29H,1-2,8-11,13-14,25H2. The van der Waals surface area contributed by atoms with Gasteiger partial charge in [-0.05, 0) is 50.7 Å². The smallest absolute Gasteiger partial charge is 0.225 e. The van der Waals surface area contributed by atoms with E-state index < -0.39 is 5.60 Å². The van der Waals surface area contributed by atoms with E-state index in [0.717, 1.165) is 50.0 Å². The predicted octanol–water partition coefficient (Wildman–Crippen LogP) is 2.60. The third kappa shape index (κ3) is 4.40. The summed E-state index contributed by atoms with van der Waals surface area (Å²) in [7, 11) is 0. The van der Waals surface area contributed by atoms with Crippen LogP contribution in [0.3, 0.4) is 0 Å². The molecule has 0 spiro atoms. The van der Waals surface area contributed by atoms with Crippen molar-refractivity contribution in [3.63, 3.8) is 0 Å². The van der Waals surface area contributed by atoms with Crippen molar-refractivity contribution < 1.29 is 5.11 Å². The van der Waals surface area contributed by atoms with Crippen LogP contribution in [0, 0.1) is 23.2 Å². The Morgan fingerprint density at radius 1 is 1.14 bits per heavy atom. The molecule has 2 aromatic rings. The number of rotatable bonds is 2. The average molecular weight is 387 g/mol. The second-order valence-corrected chi connectivity index (χ2v) is 7.93. The van der Waals surface area contributed by atoms with Gasteiger partial charge in [0.2, 0.25) is 5.95 Å². The first kappa shape index (κ1) is 19.4. The van der Waals surface area contributed by atoms with E-state index in [2.05, 4.69) is 27.8 Å². The first-order valence-corrected chi connectivity index (χ1v) is 10.2. The molecule has 1 aliphatic carbocycles. The molecule has 0 amide bonds. The van der Waals surface area contributed by atoms with Crippen LogP contribution in [0.5, 0.6) is 0 Å². The quantitative estimate of drug-likeness (QED) is 0.769. The van der Waals surface area contributed by atoms with Gasteiger partial charge >= 0.3 is 0 Å². The normalized spacial score (nSPS) is 18.7. The highest BCUT2D eigenvalue weighted by atomic mass is 16.3. The zero-order chi connectivity index (χ0) is 20.3. The molecule has 3 N–H and O–H groups in total. The molecule has 6 nitrogen and oxygen atoms in total. The lowest BCUT2D eigenvalue weighted by Crippen LogP contribution is -2.40. The van der Waals surface area contributed by atoms with Gasteiger partial charge in [-0.2, -0.15) is 5.26 Å². The molecule has 2 aliphatic rings. The lowest BCUT2D eigenvalue weighted by atomic mass is 10.0. The summed E-state index contributed by atoms with van der Waals surface area (Å²) >= 11 is 0. The Labute approximate surface area is 171 Å². The van der Waals surface area contributed by atoms with E-state index in [0.29, 0.717) is 29.9 Å². The fourth-order valence-corrected chi connectivity index (χ4v) is 3.91. The zero-order valence-corrected chi connectivity index (χ0v) is 16.4. The summed E-state index contributed by atoms with van der Waals surface area (Å²) < 4.78 is 0. The van der Waals surface area contributed by atoms with Crippen LogP contribution in [0.4, 0.5) is 5.95 Å². The van der Waals surface area contributed by atoms with Gasteiger partial charge in [0.15, 0.2) is 0 Å². The number of hydrogen-bond acceptors (Lipinski definition) is 6. The molecule has 2 heterocycles. The van der Waals surface area contributed by atoms with E-state index in [9.17, 15) is 5.11 Å². The molecule has 0 unspecified atom stereocenters. The molecule has 1 aliphatic heterocycles. The summed E-state index contributed by atoms with van der Waals surface area (Å²) in [6, 6.07) is 9.69. The van der Waals surface area contributed by atoms with Crippen LogP contribution >= 0.6 is 0 Å². The summed E-state index contributed by atoms with van der Waals surface area (Å²) in [5, 5.41) is 19.7. The zero-order valence-electron chi connectivity index (χ0n) is 16.4. The van der Waals surface area contributed by atoms with E-state index in [1.54, 1.807) is 18.3 Å². The molecule has 0 radical (unpaired) electrons. The van der Waals surface area contributed by atoms with Gasteiger partial charge in [0.1, 0.15) is 5.60 Å². The van der Waals surface area contributed by atoms with E-state index in [1.165, 1.54) is 0 Å². The number of anilines is 1. The Balaban J connectivity index is 1.71. The molecule has 2 fully saturated rings. The van der Waals surface area contributed by atoms with Gasteiger partial charge in [0.25, 0.3) is 0 Å². The van der Waals surface area contributed by atoms with Crippen molar-refractivity contribution in [1.82, 2.24) is 9.97 Å². The molecule has 0 bridgehead atoms. The number of nitrogens with two attached hydrogens (primary N) is 1. The molecule has 1 aromatic carbocycles. The van der Waals surface area contributed by atoms with Crippen LogP contribution < -0.4 is 10.6 Å². The van der Waals surface area contributed by atoms with Crippen molar-refractivity contribution in [2.45, 2.75) is 50.2 Å². The lowest BCUT2D eigenvalue weighted by Gasteiger charge is -2.30. The Morgan fingerprint density at radius 3 is 2.48 bits per heavy atom. The maximum Gasteiger partial charge on any atom is 0.225 e. The summed E-state index contributed by atoms with van der Waals surface area (Å²) in [5.74, 6) is 6.85. The maximum atomic E-state index is 10.6. The van der Waals surface area contributed by atoms with Crippen LogP contribution in [0.15, 0.2) is 30.5 Å². The van der Waals surface area contributed by atoms with E-state index in [4.69, 9.17) is 16.0 Å². The minimum absolute atomic E-state index is 0.238. The van der Waals surface area contributed by atoms with Gasteiger partial charge in [-0.25, -0.2) is 9.97 Å². The minimum atomic E-state index is -0.913. The van der Waals surface area contributed by atoms with Crippen LogP contribution in [0.2, 0.25) is 0 Å². The molecule has 1 aromatic heterocycles. The van der Waals surface area contributed by atoms with Crippen LogP contribution in [-0.4, -0.2) is 39.8 Å². The monoisotopic (exact) mass is 387 g/mol. The summed E-state index contributed by atoms with van der Waals surface area (Å²) in [4.78, 5) is 11.5. The number of benzene rings is 1. The summed E-state index contributed by atoms with van der Waals surface area (Å²) in [5.41, 5.74) is 8.00. The van der Waals surface area contributed by atoms with Crippen molar-refractivity contribution in [1.29, 1.82) is 5.26 Å². The second kappa shape index (κ2) is 8.21. The first-order chi connectivity index (χ1) is 14.1. The van der Waals surface area contributed by atoms with E-state index >= 15 is 0 Å². The molecular weight excluding hydrogens is 362 g/mol. The topological polar surface area (TPSA) is 99.1 Å². The average Bonchev–Trinajstić information content (AvgIpc) is 3.19. The molecule has 29 heavy (non-hydrogen) atoms. The Bertz CT molecular complexity index is 969. The molecular formula is C23H25N5O. The SMILES string of the molecule is N#Cc1ccc(-c2nc(N3CCC(N)CC3)ncc2C#CC2(O)CCCC2)cc1. The van der Waals surface area contributed by atoms with Gasteiger partial charge in [-0.15, -0.1) is 0 Å². The third-order valence-electron chi connectivity index (χ3n) is 5.75. The molecule has 1 saturated carbocycles. The third-order valence-corrected chi connectivity index (χ3v) is 5.75. The number of piperidine rings is 1. The van der Waals surface area contributed by atoms with Crippen molar-refractivity contribution in [3.05, 3.63) is 41.6 Å². The molecule has 6 heteroatoms. The lowest BCUT2D eigenvalue weighted by molar-refractivity contribution is 0.110. The van der Waals surface area contributed by atoms with E-state index in [1.807, 2.05) is 12.1 Å². The van der Waals surface area contributed by atoms with E-state index in [-0.39, 0.29) is 6.04 Å². The highest BCUT2D eigenvalue weighted by Gasteiger charge is 2.28. The Morgan fingerprint density at radius 2 is 1.83 bits per heavy atom. The number of nitriles is 1. The van der Waals surface area contributed by atoms with Gasteiger partial charge < -0.3 is 15.7 Å².